The summed E-state index contributed by atoms with van der Waals surface area (Å²) >= 11 is 0. The van der Waals surface area contributed by atoms with Gasteiger partial charge in [-0.2, -0.15) is 5.10 Å². The molecule has 1 unspecified atom stereocenters. The van der Waals surface area contributed by atoms with Crippen LogP contribution in [-0.2, 0) is 13.6 Å². The number of likely N-dealkylation sites (tertiary alicyclic amines) is 1. The summed E-state index contributed by atoms with van der Waals surface area (Å²) in [7, 11) is 1.75. The molecule has 1 aromatic carbocycles. The first-order valence-electron chi connectivity index (χ1n) is 8.65. The molecule has 0 bridgehead atoms. The van der Waals surface area contributed by atoms with Gasteiger partial charge in [-0.05, 0) is 37.1 Å². The quantitative estimate of drug-likeness (QED) is 0.864. The molecule has 1 saturated heterocycles. The predicted molar refractivity (Wildman–Crippen MR) is 92.1 cm³/mol. The maximum Gasteiger partial charge on any atom is 0.573 e. The zero-order valence-corrected chi connectivity index (χ0v) is 14.9. The van der Waals surface area contributed by atoms with Gasteiger partial charge in [-0.15, -0.1) is 13.2 Å². The van der Waals surface area contributed by atoms with E-state index in [-0.39, 0.29) is 17.7 Å². The molecule has 1 atom stereocenters. The molecular weight excluding hydrogens is 361 g/mol. The van der Waals surface area contributed by atoms with Gasteiger partial charge in [0, 0.05) is 32.4 Å². The fourth-order valence-corrected chi connectivity index (χ4v) is 3.18. The van der Waals surface area contributed by atoms with Gasteiger partial charge in [-0.3, -0.25) is 14.4 Å². The zero-order valence-electron chi connectivity index (χ0n) is 14.9. The molecule has 3 rings (SSSR count). The van der Waals surface area contributed by atoms with Gasteiger partial charge in [0.05, 0.1) is 11.8 Å². The van der Waals surface area contributed by atoms with Gasteiger partial charge in [0.25, 0.3) is 5.91 Å². The molecule has 1 N–H and O–H groups in total. The minimum absolute atomic E-state index is 0.0271. The fraction of sp³-hybridized carbons (Fsp3) is 0.444. The molecule has 0 aliphatic carbocycles. The van der Waals surface area contributed by atoms with Gasteiger partial charge in [0.1, 0.15) is 5.75 Å². The topological polar surface area (TPSA) is 59.4 Å². The number of halogens is 3. The van der Waals surface area contributed by atoms with E-state index in [1.54, 1.807) is 30.1 Å². The molecule has 27 heavy (non-hydrogen) atoms. The van der Waals surface area contributed by atoms with Crippen molar-refractivity contribution < 1.29 is 22.7 Å². The molecular formula is C18H21F3N4O2. The Kier molecular flexibility index (Phi) is 5.69. The van der Waals surface area contributed by atoms with Crippen LogP contribution < -0.4 is 10.1 Å². The number of rotatable bonds is 5. The minimum atomic E-state index is -4.69. The van der Waals surface area contributed by atoms with Crippen LogP contribution >= 0.6 is 0 Å². The molecule has 2 aromatic rings. The lowest BCUT2D eigenvalue weighted by Gasteiger charge is -2.33. The summed E-state index contributed by atoms with van der Waals surface area (Å²) in [5.41, 5.74) is 1.42. The van der Waals surface area contributed by atoms with E-state index in [1.807, 2.05) is 0 Å². The summed E-state index contributed by atoms with van der Waals surface area (Å²) in [5, 5.41) is 7.02. The van der Waals surface area contributed by atoms with Gasteiger partial charge in [0.15, 0.2) is 0 Å². The van der Waals surface area contributed by atoms with Gasteiger partial charge in [0.2, 0.25) is 0 Å². The third kappa shape index (κ3) is 5.72. The van der Waals surface area contributed by atoms with E-state index in [0.29, 0.717) is 18.7 Å². The summed E-state index contributed by atoms with van der Waals surface area (Å²) in [5.74, 6) is -0.380. The van der Waals surface area contributed by atoms with E-state index < -0.39 is 6.36 Å². The first-order chi connectivity index (χ1) is 12.8. The van der Waals surface area contributed by atoms with E-state index in [1.165, 1.54) is 18.3 Å². The Hall–Kier alpha value is -2.55. The average Bonchev–Trinajstić information content (AvgIpc) is 3.02. The lowest BCUT2D eigenvalue weighted by Crippen LogP contribution is -2.47. The van der Waals surface area contributed by atoms with Gasteiger partial charge in [-0.25, -0.2) is 0 Å². The molecule has 0 radical (unpaired) electrons. The summed E-state index contributed by atoms with van der Waals surface area (Å²) in [4.78, 5) is 14.4. The SMILES string of the molecule is Cn1cc(C(=O)NC2CCCN(Cc3ccc(OC(F)(F)F)cc3)C2)cn1. The summed E-state index contributed by atoms with van der Waals surface area (Å²) in [6, 6.07) is 5.90. The van der Waals surface area contributed by atoms with Crippen molar-refractivity contribution in [2.24, 2.45) is 7.05 Å². The van der Waals surface area contributed by atoms with E-state index in [4.69, 9.17) is 0 Å². The Morgan fingerprint density at radius 1 is 1.33 bits per heavy atom. The summed E-state index contributed by atoms with van der Waals surface area (Å²) in [6.45, 7) is 2.17. The molecule has 1 fully saturated rings. The smallest absolute Gasteiger partial charge is 0.406 e. The van der Waals surface area contributed by atoms with Crippen LogP contribution in [0.2, 0.25) is 0 Å². The third-order valence-electron chi connectivity index (χ3n) is 4.37. The van der Waals surface area contributed by atoms with E-state index in [0.717, 1.165) is 24.9 Å². The lowest BCUT2D eigenvalue weighted by atomic mass is 10.0. The number of piperidine rings is 1. The van der Waals surface area contributed by atoms with Crippen LogP contribution in [0.5, 0.6) is 5.75 Å². The van der Waals surface area contributed by atoms with Gasteiger partial charge < -0.3 is 10.1 Å². The second kappa shape index (κ2) is 7.99. The lowest BCUT2D eigenvalue weighted by molar-refractivity contribution is -0.274. The molecule has 6 nitrogen and oxygen atoms in total. The van der Waals surface area contributed by atoms with E-state index in [2.05, 4.69) is 20.1 Å². The maximum absolute atomic E-state index is 12.3. The monoisotopic (exact) mass is 382 g/mol. The Balaban J connectivity index is 1.53. The van der Waals surface area contributed by atoms with Crippen molar-refractivity contribution in [3.63, 3.8) is 0 Å². The predicted octanol–water partition coefficient (Wildman–Crippen LogP) is 2.71. The van der Waals surface area contributed by atoms with Crippen LogP contribution in [0.4, 0.5) is 13.2 Å². The van der Waals surface area contributed by atoms with Crippen molar-refractivity contribution in [1.82, 2.24) is 20.0 Å². The zero-order chi connectivity index (χ0) is 19.4. The van der Waals surface area contributed by atoms with Crippen molar-refractivity contribution in [3.8, 4) is 5.75 Å². The number of carbonyl (C=O) groups is 1. The summed E-state index contributed by atoms with van der Waals surface area (Å²) < 4.78 is 42.1. The summed E-state index contributed by atoms with van der Waals surface area (Å²) in [6.07, 6.45) is 0.337. The van der Waals surface area contributed by atoms with E-state index in [9.17, 15) is 18.0 Å². The number of nitrogens with one attached hydrogen (secondary N) is 1. The highest BCUT2D eigenvalue weighted by molar-refractivity contribution is 5.93. The number of aromatic nitrogens is 2. The molecule has 1 aromatic heterocycles. The molecule has 0 saturated carbocycles. The van der Waals surface area contributed by atoms with E-state index >= 15 is 0 Å². The number of nitrogens with zero attached hydrogens (tertiary/aromatic N) is 3. The second-order valence-corrected chi connectivity index (χ2v) is 6.64. The van der Waals surface area contributed by atoms with Crippen molar-refractivity contribution in [3.05, 3.63) is 47.8 Å². The normalized spacial score (nSPS) is 18.3. The highest BCUT2D eigenvalue weighted by atomic mass is 19.4. The minimum Gasteiger partial charge on any atom is -0.406 e. The van der Waals surface area contributed by atoms with Crippen LogP contribution in [-0.4, -0.2) is 46.1 Å². The Labute approximate surface area is 154 Å². The molecule has 9 heteroatoms. The molecule has 1 amide bonds. The van der Waals surface area contributed by atoms with Crippen LogP contribution in [0.25, 0.3) is 0 Å². The number of amides is 1. The highest BCUT2D eigenvalue weighted by Crippen LogP contribution is 2.23. The average molecular weight is 382 g/mol. The van der Waals surface area contributed by atoms with Gasteiger partial charge in [-0.1, -0.05) is 12.1 Å². The number of carbonyl (C=O) groups excluding carboxylic acids is 1. The maximum atomic E-state index is 12.3. The standard InChI is InChI=1S/C18H21F3N4O2/c1-24-11-14(9-22-24)17(26)23-15-3-2-8-25(12-15)10-13-4-6-16(7-5-13)27-18(19,20)21/h4-7,9,11,15H,2-3,8,10,12H2,1H3,(H,23,26). The largest absolute Gasteiger partial charge is 0.573 e. The van der Waals surface area contributed by atoms with Crippen LogP contribution in [0.1, 0.15) is 28.8 Å². The van der Waals surface area contributed by atoms with Crippen molar-refractivity contribution in [1.29, 1.82) is 0 Å². The molecule has 146 valence electrons. The van der Waals surface area contributed by atoms with Crippen LogP contribution in [0, 0.1) is 0 Å². The Bertz CT molecular complexity index is 774. The number of hydrogen-bond donors (Lipinski definition) is 1. The molecule has 1 aliphatic heterocycles. The number of hydrogen-bond acceptors (Lipinski definition) is 4. The first kappa shape index (κ1) is 19.2. The first-order valence-corrected chi connectivity index (χ1v) is 8.65. The fourth-order valence-electron chi connectivity index (χ4n) is 3.18. The van der Waals surface area contributed by atoms with Crippen LogP contribution in [0.15, 0.2) is 36.7 Å². The molecule has 0 spiro atoms. The number of benzene rings is 1. The van der Waals surface area contributed by atoms with Gasteiger partial charge >= 0.3 is 6.36 Å². The number of aryl methyl sites for hydroxylation is 1. The molecule has 1 aliphatic rings. The molecule has 2 heterocycles. The third-order valence-corrected chi connectivity index (χ3v) is 4.37. The number of ether oxygens (including phenoxy) is 1. The highest BCUT2D eigenvalue weighted by Gasteiger charge is 2.31. The Morgan fingerprint density at radius 3 is 2.70 bits per heavy atom. The number of alkyl halides is 3. The van der Waals surface area contributed by atoms with Crippen molar-refractivity contribution in [2.45, 2.75) is 31.8 Å². The van der Waals surface area contributed by atoms with Crippen LogP contribution in [0.3, 0.4) is 0 Å². The van der Waals surface area contributed by atoms with Crippen molar-refractivity contribution in [2.75, 3.05) is 13.1 Å². The second-order valence-electron chi connectivity index (χ2n) is 6.64. The van der Waals surface area contributed by atoms with Crippen molar-refractivity contribution >= 4 is 5.91 Å². The Morgan fingerprint density at radius 2 is 2.07 bits per heavy atom.